The highest BCUT2D eigenvalue weighted by atomic mass is 28.3. The number of methoxy groups -OCH3 is 1. The van der Waals surface area contributed by atoms with E-state index in [0.717, 1.165) is 44.5 Å². The zero-order chi connectivity index (χ0) is 44.2. The zero-order valence-electron chi connectivity index (χ0n) is 35.9. The third-order valence-electron chi connectivity index (χ3n) is 12.2. The number of alkyl carbamates (subject to hydrolysis) is 1. The molecule has 5 N–H and O–H groups in total. The van der Waals surface area contributed by atoms with Gasteiger partial charge in [0.15, 0.2) is 0 Å². The van der Waals surface area contributed by atoms with Crippen LogP contribution < -0.4 is 10.6 Å². The molecular formula is C45H53FN8O7Si. The Labute approximate surface area is 358 Å². The van der Waals surface area contributed by atoms with Crippen molar-refractivity contribution in [2.24, 2.45) is 11.8 Å². The van der Waals surface area contributed by atoms with Gasteiger partial charge < -0.3 is 44.7 Å². The first-order chi connectivity index (χ1) is 29.5. The summed E-state index contributed by atoms with van der Waals surface area (Å²) in [5, 5.41) is 17.3. The van der Waals surface area contributed by atoms with E-state index < -0.39 is 56.9 Å². The first kappa shape index (κ1) is 42.6. The lowest BCUT2D eigenvalue weighted by Gasteiger charge is -2.30. The Kier molecular flexibility index (Phi) is 11.4. The normalized spacial score (nSPS) is 19.8. The molecule has 2 saturated heterocycles. The van der Waals surface area contributed by atoms with Gasteiger partial charge in [-0.1, -0.05) is 59.0 Å². The topological polar surface area (TPSA) is 199 Å². The summed E-state index contributed by atoms with van der Waals surface area (Å²) in [4.78, 5) is 71.5. The number of H-pyrrole nitrogens is 2. The molecule has 0 aliphatic carbocycles. The Bertz CT molecular complexity index is 2690. The predicted octanol–water partition coefficient (Wildman–Crippen LogP) is 6.78. The van der Waals surface area contributed by atoms with Crippen LogP contribution in [-0.2, 0) is 19.1 Å². The van der Waals surface area contributed by atoms with Gasteiger partial charge in [-0.15, -0.1) is 0 Å². The van der Waals surface area contributed by atoms with E-state index in [1.54, 1.807) is 20.0 Å². The molecule has 326 valence electrons. The molecule has 0 unspecified atom stereocenters. The van der Waals surface area contributed by atoms with E-state index in [0.29, 0.717) is 34.7 Å². The number of aliphatic hydroxyl groups excluding tert-OH is 1. The van der Waals surface area contributed by atoms with Gasteiger partial charge in [0.1, 0.15) is 47.9 Å². The van der Waals surface area contributed by atoms with Crippen molar-refractivity contribution >= 4 is 64.7 Å². The van der Waals surface area contributed by atoms with Gasteiger partial charge >= 0.3 is 6.09 Å². The molecule has 2 aliphatic rings. The second-order valence-electron chi connectivity index (χ2n) is 18.1. The van der Waals surface area contributed by atoms with Gasteiger partial charge in [0.25, 0.3) is 0 Å². The summed E-state index contributed by atoms with van der Waals surface area (Å²) in [6.45, 7) is 11.0. The number of hydrogen-bond acceptors (Lipinski definition) is 9. The van der Waals surface area contributed by atoms with Gasteiger partial charge in [-0.2, -0.15) is 0 Å². The Morgan fingerprint density at radius 3 is 2.34 bits per heavy atom. The van der Waals surface area contributed by atoms with E-state index in [-0.39, 0.29) is 36.8 Å². The van der Waals surface area contributed by atoms with Gasteiger partial charge in [0.05, 0.1) is 56.7 Å². The molecule has 62 heavy (non-hydrogen) atoms. The van der Waals surface area contributed by atoms with Crippen molar-refractivity contribution in [3.05, 3.63) is 72.4 Å². The number of rotatable bonds is 11. The van der Waals surface area contributed by atoms with Crippen LogP contribution in [0.4, 0.5) is 9.18 Å². The quantitative estimate of drug-likeness (QED) is 0.0872. The molecule has 2 fully saturated rings. The highest BCUT2D eigenvalue weighted by Crippen LogP contribution is 2.40. The molecule has 3 aromatic carbocycles. The van der Waals surface area contributed by atoms with Crippen LogP contribution in [0.5, 0.6) is 0 Å². The molecule has 0 bridgehead atoms. The first-order valence-electron chi connectivity index (χ1n) is 21.1. The van der Waals surface area contributed by atoms with Crippen LogP contribution in [0, 0.1) is 11.8 Å². The molecule has 6 aromatic rings. The lowest BCUT2D eigenvalue weighted by Crippen LogP contribution is -2.52. The summed E-state index contributed by atoms with van der Waals surface area (Å²) in [7, 11) is -0.504. The van der Waals surface area contributed by atoms with Crippen LogP contribution in [0.15, 0.2) is 65.2 Å². The van der Waals surface area contributed by atoms with Crippen LogP contribution in [-0.4, -0.2) is 111 Å². The van der Waals surface area contributed by atoms with Gasteiger partial charge in [0, 0.05) is 34.5 Å². The smallest absolute Gasteiger partial charge is 0.407 e. The number of hydrogen-bond donors (Lipinski definition) is 5. The van der Waals surface area contributed by atoms with E-state index in [9.17, 15) is 28.7 Å². The number of likely N-dealkylation sites (tertiary alicyclic amines) is 1. The monoisotopic (exact) mass is 864 g/mol. The molecule has 5 atom stereocenters. The number of fused-ring (bicyclic) bond motifs is 4. The number of nitrogens with one attached hydrogen (secondary N) is 4. The van der Waals surface area contributed by atoms with Crippen LogP contribution in [0.25, 0.3) is 55.4 Å². The molecule has 15 nitrogen and oxygen atoms in total. The number of nitrogens with zero attached hydrogens (tertiary/aromatic N) is 4. The molecule has 0 spiro atoms. The number of ether oxygens (including phenoxy) is 1. The van der Waals surface area contributed by atoms with Crippen molar-refractivity contribution in [1.29, 1.82) is 0 Å². The van der Waals surface area contributed by atoms with Crippen molar-refractivity contribution in [3.8, 4) is 22.6 Å². The average molecular weight is 865 g/mol. The standard InChI is InChI=1S/C45H53FN8O7Si/c1-23(2)38(50-37(56)20-55)43(57)53-19-29(46)17-33(53)42-48-31-12-9-25-14-27(8-11-30(25)40(31)51-42)36-16-28-15-26(10-13-35(28)61-36)32-18-47-41(49-32)34-21-62(6,7)22-54(34)44(58)39(24(3)4)52-45(59)60-5/h8-16,18,23-24,29,33-34,38-39,55H,17,19-22H2,1-7H3,(H,47,49)(H,48,51)(H,50,56)(H,52,59)/t29-,33+,34+,38+,39+/m1/s1. The molecule has 0 saturated carbocycles. The molecular weight excluding hydrogens is 812 g/mol. The summed E-state index contributed by atoms with van der Waals surface area (Å²) in [5.41, 5.74) is 4.74. The second kappa shape index (κ2) is 16.7. The fourth-order valence-electron chi connectivity index (χ4n) is 8.97. The Morgan fingerprint density at radius 2 is 1.61 bits per heavy atom. The molecule has 0 radical (unpaired) electrons. The van der Waals surface area contributed by atoms with Crippen molar-refractivity contribution in [2.45, 2.75) is 83.6 Å². The van der Waals surface area contributed by atoms with Crippen molar-refractivity contribution in [2.75, 3.05) is 26.4 Å². The maximum Gasteiger partial charge on any atom is 0.407 e. The molecule has 4 amide bonds. The second-order valence-corrected chi connectivity index (χ2v) is 23.1. The number of aliphatic hydroxyl groups is 1. The van der Waals surface area contributed by atoms with Gasteiger partial charge in [-0.25, -0.2) is 19.2 Å². The number of furan rings is 1. The fraction of sp³-hybridized carbons (Fsp3) is 0.422. The zero-order valence-corrected chi connectivity index (χ0v) is 36.9. The molecule has 8 rings (SSSR count). The Hall–Kier alpha value is -6.07. The number of amides is 4. The summed E-state index contributed by atoms with van der Waals surface area (Å²) in [5.74, 6) is 0.206. The fourth-order valence-corrected chi connectivity index (χ4v) is 11.9. The number of aromatic amines is 2. The number of alkyl halides is 1. The molecule has 5 heterocycles. The van der Waals surface area contributed by atoms with Crippen molar-refractivity contribution in [1.82, 2.24) is 40.4 Å². The van der Waals surface area contributed by atoms with Crippen molar-refractivity contribution < 1.29 is 37.8 Å². The van der Waals surface area contributed by atoms with E-state index >= 15 is 0 Å². The van der Waals surface area contributed by atoms with E-state index in [1.165, 1.54) is 12.0 Å². The highest BCUT2D eigenvalue weighted by Gasteiger charge is 2.46. The first-order valence-corrected chi connectivity index (χ1v) is 24.5. The van der Waals surface area contributed by atoms with E-state index in [1.807, 2.05) is 73.3 Å². The maximum atomic E-state index is 15.0. The largest absolute Gasteiger partial charge is 0.456 e. The van der Waals surface area contributed by atoms with Crippen LogP contribution in [0.1, 0.15) is 57.8 Å². The lowest BCUT2D eigenvalue weighted by molar-refractivity contribution is -0.139. The predicted molar refractivity (Wildman–Crippen MR) is 235 cm³/mol. The summed E-state index contributed by atoms with van der Waals surface area (Å²) in [6.07, 6.45) is 0.622. The third-order valence-corrected chi connectivity index (χ3v) is 14.8. The summed E-state index contributed by atoms with van der Waals surface area (Å²) in [6, 6.07) is 16.1. The van der Waals surface area contributed by atoms with Gasteiger partial charge in [-0.3, -0.25) is 14.4 Å². The van der Waals surface area contributed by atoms with Gasteiger partial charge in [-0.05, 0) is 59.7 Å². The lowest BCUT2D eigenvalue weighted by atomic mass is 10.0. The Balaban J connectivity index is 1.03. The minimum absolute atomic E-state index is 0.0675. The molecule has 2 aliphatic heterocycles. The van der Waals surface area contributed by atoms with Gasteiger partial charge in [0.2, 0.25) is 17.7 Å². The summed E-state index contributed by atoms with van der Waals surface area (Å²) < 4.78 is 26.1. The average Bonchev–Trinajstić information content (AvgIpc) is 4.09. The number of imidazole rings is 2. The minimum atomic E-state index is -1.79. The summed E-state index contributed by atoms with van der Waals surface area (Å²) >= 11 is 0. The highest BCUT2D eigenvalue weighted by molar-refractivity contribution is 6.78. The number of carbonyl (C=O) groups excluding carboxylic acids is 4. The minimum Gasteiger partial charge on any atom is -0.456 e. The number of halogens is 1. The number of benzene rings is 3. The maximum absolute atomic E-state index is 15.0. The SMILES string of the molecule is COC(=O)N[C@H](C(=O)N1C[Si](C)(C)C[C@H]1c1ncc(-c2ccc3oc(-c4ccc5c(ccc6nc([C@@H]7C[C@@H](F)CN7C(=O)[C@@H](NC(=O)CO)C(C)C)[nH]c65)c4)cc3c2)[nH]1)C(C)C. The van der Waals surface area contributed by atoms with Crippen molar-refractivity contribution in [3.63, 3.8) is 0 Å². The van der Waals surface area contributed by atoms with E-state index in [2.05, 4.69) is 33.7 Å². The molecule has 3 aromatic heterocycles. The van der Waals surface area contributed by atoms with Crippen LogP contribution in [0.3, 0.4) is 0 Å². The Morgan fingerprint density at radius 1 is 0.903 bits per heavy atom. The number of aromatic nitrogens is 4. The van der Waals surface area contributed by atoms with Crippen LogP contribution >= 0.6 is 0 Å². The third kappa shape index (κ3) is 8.18. The number of carbonyl (C=O) groups is 4. The van der Waals surface area contributed by atoms with E-state index in [4.69, 9.17) is 19.1 Å². The van der Waals surface area contributed by atoms with Crippen LogP contribution in [0.2, 0.25) is 19.1 Å². The molecule has 17 heteroatoms.